The number of nitrogens with one attached hydrogen (secondary N) is 1. The molecule has 1 heterocycles. The monoisotopic (exact) mass is 257 g/mol. The molecule has 0 amide bonds. The van der Waals surface area contributed by atoms with Crippen molar-refractivity contribution in [3.63, 3.8) is 0 Å². The van der Waals surface area contributed by atoms with Gasteiger partial charge in [-0.15, -0.1) is 0 Å². The molecule has 1 N–H and O–H groups in total. The maximum atomic E-state index is 12.9. The molecule has 1 aromatic carbocycles. The zero-order chi connectivity index (χ0) is 13.5. The van der Waals surface area contributed by atoms with Gasteiger partial charge in [-0.3, -0.25) is 0 Å². The molecular weight excluding hydrogens is 245 g/mol. The van der Waals surface area contributed by atoms with Crippen LogP contribution in [0.15, 0.2) is 42.6 Å². The van der Waals surface area contributed by atoms with Gasteiger partial charge in [0, 0.05) is 12.3 Å². The SMILES string of the molecule is N#Cc1ccc(NCCOc2cccc(F)c2)nc1. The van der Waals surface area contributed by atoms with E-state index in [1.54, 1.807) is 24.3 Å². The minimum Gasteiger partial charge on any atom is -0.492 e. The van der Waals surface area contributed by atoms with Gasteiger partial charge >= 0.3 is 0 Å². The number of hydrogen-bond donors (Lipinski definition) is 1. The molecule has 5 heteroatoms. The Morgan fingerprint density at radius 1 is 1.32 bits per heavy atom. The molecule has 2 rings (SSSR count). The van der Waals surface area contributed by atoms with Crippen LogP contribution >= 0.6 is 0 Å². The quantitative estimate of drug-likeness (QED) is 0.836. The minimum absolute atomic E-state index is 0.320. The van der Waals surface area contributed by atoms with E-state index >= 15 is 0 Å². The lowest BCUT2D eigenvalue weighted by atomic mass is 10.3. The summed E-state index contributed by atoms with van der Waals surface area (Å²) in [7, 11) is 0. The van der Waals surface area contributed by atoms with Crippen molar-refractivity contribution in [3.8, 4) is 11.8 Å². The summed E-state index contributed by atoms with van der Waals surface area (Å²) in [5.74, 6) is 0.843. The minimum atomic E-state index is -0.320. The molecule has 0 fully saturated rings. The molecule has 0 aliphatic rings. The highest BCUT2D eigenvalue weighted by molar-refractivity contribution is 5.38. The van der Waals surface area contributed by atoms with Gasteiger partial charge in [-0.25, -0.2) is 9.37 Å². The molecule has 0 unspecified atom stereocenters. The van der Waals surface area contributed by atoms with Crippen molar-refractivity contribution < 1.29 is 9.13 Å². The third-order valence-electron chi connectivity index (χ3n) is 2.37. The highest BCUT2D eigenvalue weighted by atomic mass is 19.1. The van der Waals surface area contributed by atoms with E-state index in [0.717, 1.165) is 0 Å². The summed E-state index contributed by atoms with van der Waals surface area (Å²) in [6.07, 6.45) is 1.50. The van der Waals surface area contributed by atoms with E-state index in [1.165, 1.54) is 18.3 Å². The molecule has 2 aromatic rings. The standard InChI is InChI=1S/C14H12FN3O/c15-12-2-1-3-13(8-12)19-7-6-17-14-5-4-11(9-16)10-18-14/h1-5,8,10H,6-7H2,(H,17,18). The Bertz CT molecular complexity index is 578. The van der Waals surface area contributed by atoms with Crippen LogP contribution in [0.1, 0.15) is 5.56 Å². The Balaban J connectivity index is 1.76. The molecule has 0 aliphatic carbocycles. The van der Waals surface area contributed by atoms with Crippen LogP contribution in [0.2, 0.25) is 0 Å². The van der Waals surface area contributed by atoms with Crippen LogP contribution in [0.5, 0.6) is 5.75 Å². The third-order valence-corrected chi connectivity index (χ3v) is 2.37. The van der Waals surface area contributed by atoms with E-state index in [1.807, 2.05) is 6.07 Å². The van der Waals surface area contributed by atoms with Gasteiger partial charge in [0.1, 0.15) is 30.1 Å². The molecule has 0 radical (unpaired) electrons. The Hall–Kier alpha value is -2.61. The molecule has 0 atom stereocenters. The molecule has 0 aliphatic heterocycles. The molecule has 0 spiro atoms. The highest BCUT2D eigenvalue weighted by Crippen LogP contribution is 2.11. The first kappa shape index (κ1) is 12.8. The summed E-state index contributed by atoms with van der Waals surface area (Å²) in [5.41, 5.74) is 0.515. The largest absolute Gasteiger partial charge is 0.492 e. The zero-order valence-corrected chi connectivity index (χ0v) is 10.1. The first-order valence-electron chi connectivity index (χ1n) is 5.76. The number of benzene rings is 1. The fourth-order valence-electron chi connectivity index (χ4n) is 1.47. The Labute approximate surface area is 110 Å². The first-order valence-corrected chi connectivity index (χ1v) is 5.76. The fourth-order valence-corrected chi connectivity index (χ4v) is 1.47. The zero-order valence-electron chi connectivity index (χ0n) is 10.1. The molecule has 0 bridgehead atoms. The number of aromatic nitrogens is 1. The second-order valence-corrected chi connectivity index (χ2v) is 3.78. The fraction of sp³-hybridized carbons (Fsp3) is 0.143. The topological polar surface area (TPSA) is 57.9 Å². The predicted octanol–water partition coefficient (Wildman–Crippen LogP) is 2.58. The summed E-state index contributed by atoms with van der Waals surface area (Å²) < 4.78 is 18.3. The van der Waals surface area contributed by atoms with Crippen molar-refractivity contribution in [3.05, 3.63) is 54.0 Å². The van der Waals surface area contributed by atoms with E-state index in [2.05, 4.69) is 10.3 Å². The van der Waals surface area contributed by atoms with E-state index in [9.17, 15) is 4.39 Å². The van der Waals surface area contributed by atoms with Crippen LogP contribution in [0.3, 0.4) is 0 Å². The van der Waals surface area contributed by atoms with E-state index < -0.39 is 0 Å². The summed E-state index contributed by atoms with van der Waals surface area (Å²) in [6.45, 7) is 0.931. The van der Waals surface area contributed by atoms with Crippen molar-refractivity contribution in [2.24, 2.45) is 0 Å². The lowest BCUT2D eigenvalue weighted by molar-refractivity contribution is 0.331. The number of halogens is 1. The van der Waals surface area contributed by atoms with Gasteiger partial charge in [0.25, 0.3) is 0 Å². The molecule has 0 saturated heterocycles. The van der Waals surface area contributed by atoms with Gasteiger partial charge in [-0.1, -0.05) is 6.07 Å². The van der Waals surface area contributed by atoms with Crippen LogP contribution in [0, 0.1) is 17.1 Å². The van der Waals surface area contributed by atoms with Gasteiger partial charge in [-0.05, 0) is 24.3 Å². The van der Waals surface area contributed by atoms with Crippen LogP contribution in [0.4, 0.5) is 10.2 Å². The average molecular weight is 257 g/mol. The predicted molar refractivity (Wildman–Crippen MR) is 69.3 cm³/mol. The van der Waals surface area contributed by atoms with Gasteiger partial charge in [0.2, 0.25) is 0 Å². The summed E-state index contributed by atoms with van der Waals surface area (Å²) in [5, 5.41) is 11.7. The van der Waals surface area contributed by atoms with Crippen LogP contribution in [-0.2, 0) is 0 Å². The molecule has 96 valence electrons. The number of pyridine rings is 1. The number of nitriles is 1. The van der Waals surface area contributed by atoms with Gasteiger partial charge in [0.05, 0.1) is 12.1 Å². The van der Waals surface area contributed by atoms with Crippen LogP contribution in [-0.4, -0.2) is 18.1 Å². The third kappa shape index (κ3) is 3.96. The van der Waals surface area contributed by atoms with Crippen molar-refractivity contribution in [1.82, 2.24) is 4.98 Å². The van der Waals surface area contributed by atoms with Crippen molar-refractivity contribution in [1.29, 1.82) is 5.26 Å². The highest BCUT2D eigenvalue weighted by Gasteiger charge is 1.97. The maximum absolute atomic E-state index is 12.9. The smallest absolute Gasteiger partial charge is 0.126 e. The van der Waals surface area contributed by atoms with Crippen LogP contribution < -0.4 is 10.1 Å². The van der Waals surface area contributed by atoms with E-state index in [4.69, 9.17) is 10.00 Å². The molecule has 0 saturated carbocycles. The summed E-state index contributed by atoms with van der Waals surface area (Å²) in [6, 6.07) is 11.4. The number of anilines is 1. The lowest BCUT2D eigenvalue weighted by Crippen LogP contribution is -2.12. The van der Waals surface area contributed by atoms with Crippen LogP contribution in [0.25, 0.3) is 0 Å². The molecule has 4 nitrogen and oxygen atoms in total. The molecule has 1 aromatic heterocycles. The molecule has 19 heavy (non-hydrogen) atoms. The first-order chi connectivity index (χ1) is 9.28. The Morgan fingerprint density at radius 3 is 2.89 bits per heavy atom. The van der Waals surface area contributed by atoms with Gasteiger partial charge < -0.3 is 10.1 Å². The van der Waals surface area contributed by atoms with Gasteiger partial charge in [-0.2, -0.15) is 5.26 Å². The van der Waals surface area contributed by atoms with E-state index in [-0.39, 0.29) is 5.82 Å². The number of hydrogen-bond acceptors (Lipinski definition) is 4. The van der Waals surface area contributed by atoms with Crippen molar-refractivity contribution >= 4 is 5.82 Å². The van der Waals surface area contributed by atoms with Crippen molar-refractivity contribution in [2.45, 2.75) is 0 Å². The number of nitrogens with zero attached hydrogens (tertiary/aromatic N) is 2. The number of rotatable bonds is 5. The Kier molecular flexibility index (Phi) is 4.29. The van der Waals surface area contributed by atoms with Crippen molar-refractivity contribution in [2.75, 3.05) is 18.5 Å². The summed E-state index contributed by atoms with van der Waals surface area (Å²) in [4.78, 5) is 4.06. The second kappa shape index (κ2) is 6.36. The second-order valence-electron chi connectivity index (χ2n) is 3.78. The Morgan fingerprint density at radius 2 is 2.21 bits per heavy atom. The van der Waals surface area contributed by atoms with Gasteiger partial charge in [0.15, 0.2) is 0 Å². The molecular formula is C14H12FN3O. The average Bonchev–Trinajstić information content (AvgIpc) is 2.44. The number of ether oxygens (including phenoxy) is 1. The maximum Gasteiger partial charge on any atom is 0.126 e. The lowest BCUT2D eigenvalue weighted by Gasteiger charge is -2.07. The summed E-state index contributed by atoms with van der Waals surface area (Å²) >= 11 is 0. The normalized spacial score (nSPS) is 9.68. The van der Waals surface area contributed by atoms with E-state index in [0.29, 0.717) is 30.3 Å².